The van der Waals surface area contributed by atoms with Crippen LogP contribution in [0.3, 0.4) is 0 Å². The number of nitrogens with one attached hydrogen (secondary N) is 1. The number of likely N-dealkylation sites (tertiary alicyclic amines) is 1. The zero-order valence-corrected chi connectivity index (χ0v) is 21.3. The molecule has 0 unspecified atom stereocenters. The number of nitrogens with zero attached hydrogens (tertiary/aromatic N) is 3. The van der Waals surface area contributed by atoms with Gasteiger partial charge in [-0.3, -0.25) is 0 Å². The highest BCUT2D eigenvalue weighted by molar-refractivity contribution is 7.13. The SMILES string of the molecule is COc1cccc(CN(Cc2cccc(OC)c2)c2nc(CNCC3CCN(C)CC3)cs2)c1. The van der Waals surface area contributed by atoms with Gasteiger partial charge in [-0.25, -0.2) is 4.98 Å². The Kier molecular flexibility index (Phi) is 8.79. The molecule has 1 N–H and O–H groups in total. The second-order valence-electron chi connectivity index (χ2n) is 9.06. The summed E-state index contributed by atoms with van der Waals surface area (Å²) in [5, 5.41) is 6.85. The highest BCUT2D eigenvalue weighted by Gasteiger charge is 2.17. The smallest absolute Gasteiger partial charge is 0.186 e. The molecule has 0 radical (unpaired) electrons. The number of ether oxygens (including phenoxy) is 2. The molecule has 0 amide bonds. The molecule has 1 aromatic heterocycles. The van der Waals surface area contributed by atoms with Crippen LogP contribution in [0.15, 0.2) is 53.9 Å². The maximum atomic E-state index is 5.44. The maximum absolute atomic E-state index is 5.44. The van der Waals surface area contributed by atoms with Gasteiger partial charge in [-0.05, 0) is 80.8 Å². The minimum atomic E-state index is 0.754. The fourth-order valence-corrected chi connectivity index (χ4v) is 5.19. The molecule has 2 heterocycles. The third kappa shape index (κ3) is 6.95. The highest BCUT2D eigenvalue weighted by Crippen LogP contribution is 2.27. The molecular weight excluding hydrogens is 444 g/mol. The summed E-state index contributed by atoms with van der Waals surface area (Å²) in [6.07, 6.45) is 2.56. The predicted octanol–water partition coefficient (Wildman–Crippen LogP) is 4.80. The van der Waals surface area contributed by atoms with Gasteiger partial charge in [0.25, 0.3) is 0 Å². The fraction of sp³-hybridized carbons (Fsp3) is 0.444. The molecule has 7 heteroatoms. The number of aromatic nitrogens is 1. The van der Waals surface area contributed by atoms with Gasteiger partial charge in [0.05, 0.1) is 19.9 Å². The molecule has 1 aliphatic heterocycles. The summed E-state index contributed by atoms with van der Waals surface area (Å²) in [5.41, 5.74) is 3.49. The van der Waals surface area contributed by atoms with E-state index in [0.717, 1.165) is 54.4 Å². The summed E-state index contributed by atoms with van der Waals surface area (Å²) >= 11 is 1.71. The summed E-state index contributed by atoms with van der Waals surface area (Å²) < 4.78 is 10.9. The molecule has 0 spiro atoms. The van der Waals surface area contributed by atoms with Crippen LogP contribution in [-0.2, 0) is 19.6 Å². The number of hydrogen-bond donors (Lipinski definition) is 1. The topological polar surface area (TPSA) is 49.9 Å². The first-order chi connectivity index (χ1) is 16.6. The van der Waals surface area contributed by atoms with Crippen molar-refractivity contribution >= 4 is 16.5 Å². The average molecular weight is 481 g/mol. The van der Waals surface area contributed by atoms with Gasteiger partial charge in [-0.15, -0.1) is 11.3 Å². The molecule has 182 valence electrons. The number of rotatable bonds is 11. The van der Waals surface area contributed by atoms with Crippen molar-refractivity contribution in [3.8, 4) is 11.5 Å². The summed E-state index contributed by atoms with van der Waals surface area (Å²) in [6.45, 7) is 5.80. The molecule has 0 atom stereocenters. The van der Waals surface area contributed by atoms with Gasteiger partial charge < -0.3 is 24.6 Å². The molecule has 4 rings (SSSR count). The molecule has 3 aromatic rings. The van der Waals surface area contributed by atoms with Crippen molar-refractivity contribution in [1.82, 2.24) is 15.2 Å². The Hall–Kier alpha value is -2.61. The van der Waals surface area contributed by atoms with E-state index in [1.165, 1.54) is 37.1 Å². The Labute approximate surface area is 207 Å². The normalized spacial score (nSPS) is 14.8. The molecular formula is C27H36N4O2S. The minimum absolute atomic E-state index is 0.754. The highest BCUT2D eigenvalue weighted by atomic mass is 32.1. The van der Waals surface area contributed by atoms with Gasteiger partial charge in [0.2, 0.25) is 0 Å². The van der Waals surface area contributed by atoms with Crippen molar-refractivity contribution in [2.24, 2.45) is 5.92 Å². The van der Waals surface area contributed by atoms with Crippen LogP contribution >= 0.6 is 11.3 Å². The van der Waals surface area contributed by atoms with Gasteiger partial charge in [0.15, 0.2) is 5.13 Å². The van der Waals surface area contributed by atoms with Crippen LogP contribution in [0.1, 0.15) is 29.7 Å². The molecule has 2 aromatic carbocycles. The van der Waals surface area contributed by atoms with Gasteiger partial charge in [-0.1, -0.05) is 24.3 Å². The lowest BCUT2D eigenvalue weighted by Crippen LogP contribution is -2.34. The lowest BCUT2D eigenvalue weighted by atomic mass is 9.97. The molecule has 1 saturated heterocycles. The van der Waals surface area contributed by atoms with Crippen LogP contribution in [0.4, 0.5) is 5.13 Å². The number of thiazole rings is 1. The summed E-state index contributed by atoms with van der Waals surface area (Å²) in [5.74, 6) is 2.51. The second kappa shape index (κ2) is 12.2. The van der Waals surface area contributed by atoms with E-state index in [2.05, 4.69) is 51.8 Å². The Morgan fingerprint density at radius 3 is 2.21 bits per heavy atom. The lowest BCUT2D eigenvalue weighted by molar-refractivity contribution is 0.216. The van der Waals surface area contributed by atoms with Crippen LogP contribution in [0.25, 0.3) is 0 Å². The van der Waals surface area contributed by atoms with E-state index in [1.54, 1.807) is 25.6 Å². The molecule has 0 aliphatic carbocycles. The van der Waals surface area contributed by atoms with Crippen molar-refractivity contribution in [1.29, 1.82) is 0 Å². The van der Waals surface area contributed by atoms with Gasteiger partial charge >= 0.3 is 0 Å². The van der Waals surface area contributed by atoms with E-state index in [9.17, 15) is 0 Å². The number of hydrogen-bond acceptors (Lipinski definition) is 7. The number of piperidine rings is 1. The first kappa shape index (κ1) is 24.5. The van der Waals surface area contributed by atoms with Gasteiger partial charge in [-0.2, -0.15) is 0 Å². The molecule has 1 fully saturated rings. The van der Waals surface area contributed by atoms with Crippen molar-refractivity contribution in [2.45, 2.75) is 32.5 Å². The molecule has 6 nitrogen and oxygen atoms in total. The molecule has 0 bridgehead atoms. The van der Waals surface area contributed by atoms with Gasteiger partial charge in [0.1, 0.15) is 11.5 Å². The van der Waals surface area contributed by atoms with E-state index in [4.69, 9.17) is 14.5 Å². The van der Waals surface area contributed by atoms with Crippen LogP contribution in [0.2, 0.25) is 0 Å². The zero-order chi connectivity index (χ0) is 23.8. The van der Waals surface area contributed by atoms with Crippen molar-refractivity contribution in [3.63, 3.8) is 0 Å². The maximum Gasteiger partial charge on any atom is 0.186 e. The van der Waals surface area contributed by atoms with E-state index >= 15 is 0 Å². The van der Waals surface area contributed by atoms with E-state index in [-0.39, 0.29) is 0 Å². The zero-order valence-electron chi connectivity index (χ0n) is 20.5. The third-order valence-electron chi connectivity index (χ3n) is 6.40. The Bertz CT molecular complexity index is 983. The Balaban J connectivity index is 1.44. The van der Waals surface area contributed by atoms with Crippen molar-refractivity contribution in [3.05, 3.63) is 70.7 Å². The molecule has 0 saturated carbocycles. The summed E-state index contributed by atoms with van der Waals surface area (Å²) in [4.78, 5) is 9.74. The molecule has 1 aliphatic rings. The third-order valence-corrected chi connectivity index (χ3v) is 7.35. The largest absolute Gasteiger partial charge is 0.497 e. The Morgan fingerprint density at radius 2 is 1.62 bits per heavy atom. The van der Waals surface area contributed by atoms with E-state index < -0.39 is 0 Å². The molecule has 34 heavy (non-hydrogen) atoms. The van der Waals surface area contributed by atoms with Crippen LogP contribution in [0, 0.1) is 5.92 Å². The first-order valence-corrected chi connectivity index (χ1v) is 12.9. The quantitative estimate of drug-likeness (QED) is 0.426. The summed E-state index contributed by atoms with van der Waals surface area (Å²) in [7, 11) is 5.63. The first-order valence-electron chi connectivity index (χ1n) is 12.0. The van der Waals surface area contributed by atoms with Gasteiger partial charge in [0, 0.05) is 25.0 Å². The monoisotopic (exact) mass is 480 g/mol. The minimum Gasteiger partial charge on any atom is -0.497 e. The number of methoxy groups -OCH3 is 2. The van der Waals surface area contributed by atoms with Crippen LogP contribution in [-0.4, -0.2) is 50.8 Å². The standard InChI is InChI=1S/C27H36N4O2S/c1-30-12-10-21(11-13-30)16-28-17-24-20-34-27(29-24)31(18-22-6-4-8-25(14-22)32-2)19-23-7-5-9-26(15-23)33-3/h4-9,14-15,20-21,28H,10-13,16-19H2,1-3H3. The van der Waals surface area contributed by atoms with Crippen molar-refractivity contribution < 1.29 is 9.47 Å². The second-order valence-corrected chi connectivity index (χ2v) is 9.89. The van der Waals surface area contributed by atoms with E-state index in [0.29, 0.717) is 0 Å². The predicted molar refractivity (Wildman–Crippen MR) is 140 cm³/mol. The van der Waals surface area contributed by atoms with Crippen LogP contribution in [0.5, 0.6) is 11.5 Å². The lowest BCUT2D eigenvalue weighted by Gasteiger charge is -2.28. The van der Waals surface area contributed by atoms with Crippen molar-refractivity contribution in [2.75, 3.05) is 45.8 Å². The number of benzene rings is 2. The van der Waals surface area contributed by atoms with E-state index in [1.807, 2.05) is 24.3 Å². The summed E-state index contributed by atoms with van der Waals surface area (Å²) in [6, 6.07) is 16.5. The Morgan fingerprint density at radius 1 is 1.00 bits per heavy atom. The fourth-order valence-electron chi connectivity index (χ4n) is 4.37. The average Bonchev–Trinajstić information content (AvgIpc) is 3.34. The number of anilines is 1. The van der Waals surface area contributed by atoms with Crippen LogP contribution < -0.4 is 19.7 Å².